The molecule has 0 radical (unpaired) electrons. The molecule has 0 bridgehead atoms. The number of carbonyl (C=O) groups excluding carboxylic acids is 2. The van der Waals surface area contributed by atoms with Crippen LogP contribution in [0.4, 0.5) is 5.69 Å². The van der Waals surface area contributed by atoms with Crippen molar-refractivity contribution in [1.82, 2.24) is 0 Å². The first kappa shape index (κ1) is 13.1. The molecule has 0 saturated carbocycles. The van der Waals surface area contributed by atoms with Gasteiger partial charge in [0, 0.05) is 30.1 Å². The first-order valence-electron chi connectivity index (χ1n) is 5.87. The predicted octanol–water partition coefficient (Wildman–Crippen LogP) is 2.75. The maximum absolute atomic E-state index is 11.9. The van der Waals surface area contributed by atoms with E-state index in [-0.39, 0.29) is 23.0 Å². The van der Waals surface area contributed by atoms with Crippen LogP contribution in [-0.2, 0) is 10.2 Å². The Morgan fingerprint density at radius 2 is 2.11 bits per heavy atom. The summed E-state index contributed by atoms with van der Waals surface area (Å²) in [6, 6.07) is 5.42. The van der Waals surface area contributed by atoms with E-state index in [4.69, 9.17) is 11.6 Å². The first-order valence-corrected chi connectivity index (χ1v) is 6.40. The second-order valence-corrected chi connectivity index (χ2v) is 5.57. The number of nitrogens with zero attached hydrogens (tertiary/aromatic N) is 1. The molecule has 0 atom stereocenters. The summed E-state index contributed by atoms with van der Waals surface area (Å²) in [4.78, 5) is 25.2. The van der Waals surface area contributed by atoms with Gasteiger partial charge in [-0.15, -0.1) is 11.6 Å². The van der Waals surface area contributed by atoms with Gasteiger partial charge in [-0.05, 0) is 23.8 Å². The molecule has 1 heterocycles. The van der Waals surface area contributed by atoms with Gasteiger partial charge in [0.1, 0.15) is 0 Å². The van der Waals surface area contributed by atoms with E-state index in [1.165, 1.54) is 0 Å². The molecule has 0 aliphatic carbocycles. The van der Waals surface area contributed by atoms with Gasteiger partial charge in [0.25, 0.3) is 0 Å². The van der Waals surface area contributed by atoms with Gasteiger partial charge in [0.05, 0.1) is 5.88 Å². The summed E-state index contributed by atoms with van der Waals surface area (Å²) in [5.41, 5.74) is 2.27. The van der Waals surface area contributed by atoms with Gasteiger partial charge in [0.2, 0.25) is 5.91 Å². The molecule has 0 saturated heterocycles. The highest BCUT2D eigenvalue weighted by Gasteiger charge is 2.35. The van der Waals surface area contributed by atoms with Crippen LogP contribution in [0.1, 0.15) is 36.2 Å². The minimum atomic E-state index is -0.248. The van der Waals surface area contributed by atoms with Crippen molar-refractivity contribution in [2.75, 3.05) is 17.8 Å². The Kier molecular flexibility index (Phi) is 3.20. The van der Waals surface area contributed by atoms with Crippen molar-refractivity contribution in [2.45, 2.75) is 25.7 Å². The molecule has 1 aromatic rings. The molecule has 0 spiro atoms. The van der Waals surface area contributed by atoms with Crippen LogP contribution in [0.3, 0.4) is 0 Å². The van der Waals surface area contributed by atoms with Crippen LogP contribution >= 0.6 is 11.6 Å². The predicted molar refractivity (Wildman–Crippen MR) is 72.5 cm³/mol. The molecule has 3 nitrogen and oxygen atoms in total. The number of Topliss-reactive ketones (excluding diaryl/α,β-unsaturated/α-hetero) is 1. The molecule has 0 N–H and O–H groups in total. The third-order valence-electron chi connectivity index (χ3n) is 3.50. The van der Waals surface area contributed by atoms with Crippen molar-refractivity contribution in [3.8, 4) is 0 Å². The molecule has 1 aliphatic heterocycles. The molecule has 0 fully saturated rings. The third kappa shape index (κ3) is 2.03. The van der Waals surface area contributed by atoms with E-state index in [0.717, 1.165) is 11.3 Å². The van der Waals surface area contributed by atoms with Gasteiger partial charge in [-0.25, -0.2) is 0 Å². The summed E-state index contributed by atoms with van der Waals surface area (Å²) in [5, 5.41) is 0. The zero-order valence-corrected chi connectivity index (χ0v) is 11.5. The van der Waals surface area contributed by atoms with E-state index in [1.54, 1.807) is 18.0 Å². The average molecular weight is 266 g/mol. The molecule has 0 unspecified atom stereocenters. The molecule has 18 heavy (non-hydrogen) atoms. The number of benzene rings is 1. The quantitative estimate of drug-likeness (QED) is 0.609. The number of hydrogen-bond donors (Lipinski definition) is 0. The number of hydrogen-bond acceptors (Lipinski definition) is 2. The SMILES string of the molecule is CN1C(=O)CC(C)(C)c2cc(C(=O)CCl)ccc21. The van der Waals surface area contributed by atoms with E-state index in [2.05, 4.69) is 0 Å². The number of ketones is 1. The molecule has 96 valence electrons. The zero-order valence-electron chi connectivity index (χ0n) is 10.8. The van der Waals surface area contributed by atoms with Crippen LogP contribution in [0, 0.1) is 0 Å². The molecule has 1 amide bonds. The fourth-order valence-corrected chi connectivity index (χ4v) is 2.50. The summed E-state index contributed by atoms with van der Waals surface area (Å²) in [6.07, 6.45) is 0.453. The summed E-state index contributed by atoms with van der Waals surface area (Å²) < 4.78 is 0. The number of carbonyl (C=O) groups is 2. The lowest BCUT2D eigenvalue weighted by molar-refractivity contribution is -0.119. The number of rotatable bonds is 2. The zero-order chi connectivity index (χ0) is 13.5. The Bertz CT molecular complexity index is 523. The van der Waals surface area contributed by atoms with Crippen molar-refractivity contribution in [3.05, 3.63) is 29.3 Å². The van der Waals surface area contributed by atoms with Crippen LogP contribution in [0.15, 0.2) is 18.2 Å². The summed E-state index contributed by atoms with van der Waals surface area (Å²) in [7, 11) is 1.76. The van der Waals surface area contributed by atoms with Crippen LogP contribution in [0.5, 0.6) is 0 Å². The Balaban J connectivity index is 2.57. The Morgan fingerprint density at radius 1 is 1.44 bits per heavy atom. The second-order valence-electron chi connectivity index (χ2n) is 5.30. The van der Waals surface area contributed by atoms with Gasteiger partial charge in [-0.3, -0.25) is 9.59 Å². The Hall–Kier alpha value is -1.35. The van der Waals surface area contributed by atoms with Crippen molar-refractivity contribution >= 4 is 29.0 Å². The third-order valence-corrected chi connectivity index (χ3v) is 3.74. The van der Waals surface area contributed by atoms with E-state index in [1.807, 2.05) is 26.0 Å². The summed E-state index contributed by atoms with van der Waals surface area (Å²) >= 11 is 5.58. The first-order chi connectivity index (χ1) is 8.36. The van der Waals surface area contributed by atoms with E-state index < -0.39 is 0 Å². The van der Waals surface area contributed by atoms with Crippen molar-refractivity contribution in [1.29, 1.82) is 0 Å². The number of anilines is 1. The fraction of sp³-hybridized carbons (Fsp3) is 0.429. The molecule has 2 rings (SSSR count). The highest BCUT2D eigenvalue weighted by atomic mass is 35.5. The number of amides is 1. The fourth-order valence-electron chi connectivity index (χ4n) is 2.35. The lowest BCUT2D eigenvalue weighted by Gasteiger charge is -2.37. The highest BCUT2D eigenvalue weighted by Crippen LogP contribution is 2.40. The van der Waals surface area contributed by atoms with Crippen molar-refractivity contribution in [3.63, 3.8) is 0 Å². The maximum Gasteiger partial charge on any atom is 0.227 e. The van der Waals surface area contributed by atoms with Gasteiger partial charge in [-0.2, -0.15) is 0 Å². The van der Waals surface area contributed by atoms with Gasteiger partial charge < -0.3 is 4.90 Å². The second kappa shape index (κ2) is 4.39. The summed E-state index contributed by atoms with van der Waals surface area (Å²) in [5.74, 6) is -0.00713. The molecule has 0 aromatic heterocycles. The van der Waals surface area contributed by atoms with E-state index in [0.29, 0.717) is 12.0 Å². The highest BCUT2D eigenvalue weighted by molar-refractivity contribution is 6.30. The minimum absolute atomic E-state index is 0.0199. The van der Waals surface area contributed by atoms with Gasteiger partial charge in [-0.1, -0.05) is 13.8 Å². The Labute approximate surface area is 112 Å². The molecular weight excluding hydrogens is 250 g/mol. The monoisotopic (exact) mass is 265 g/mol. The molecular formula is C14H16ClNO2. The molecule has 1 aliphatic rings. The largest absolute Gasteiger partial charge is 0.315 e. The van der Waals surface area contributed by atoms with Crippen molar-refractivity contribution < 1.29 is 9.59 Å². The normalized spacial score (nSPS) is 17.6. The van der Waals surface area contributed by atoms with E-state index in [9.17, 15) is 9.59 Å². The smallest absolute Gasteiger partial charge is 0.227 e. The average Bonchev–Trinajstić information content (AvgIpc) is 2.34. The standard InChI is InChI=1S/C14H16ClNO2/c1-14(2)7-13(18)16(3)11-5-4-9(6-10(11)14)12(17)8-15/h4-6H,7-8H2,1-3H3. The lowest BCUT2D eigenvalue weighted by atomic mass is 9.76. The van der Waals surface area contributed by atoms with E-state index >= 15 is 0 Å². The maximum atomic E-state index is 11.9. The topological polar surface area (TPSA) is 37.4 Å². The minimum Gasteiger partial charge on any atom is -0.315 e. The Morgan fingerprint density at radius 3 is 2.72 bits per heavy atom. The van der Waals surface area contributed by atoms with Crippen molar-refractivity contribution in [2.24, 2.45) is 0 Å². The number of alkyl halides is 1. The summed E-state index contributed by atoms with van der Waals surface area (Å²) in [6.45, 7) is 4.04. The number of halogens is 1. The number of fused-ring (bicyclic) bond motifs is 1. The lowest BCUT2D eigenvalue weighted by Crippen LogP contribution is -2.39. The van der Waals surface area contributed by atoms with Gasteiger partial charge >= 0.3 is 0 Å². The molecule has 1 aromatic carbocycles. The van der Waals surface area contributed by atoms with Crippen LogP contribution < -0.4 is 4.90 Å². The van der Waals surface area contributed by atoms with Crippen LogP contribution in [0.2, 0.25) is 0 Å². The van der Waals surface area contributed by atoms with Crippen LogP contribution in [-0.4, -0.2) is 24.6 Å². The van der Waals surface area contributed by atoms with Crippen LogP contribution in [0.25, 0.3) is 0 Å². The van der Waals surface area contributed by atoms with Gasteiger partial charge in [0.15, 0.2) is 5.78 Å². The molecule has 4 heteroatoms.